The molecule has 1 amide bonds. The molecule has 0 fully saturated rings. The lowest BCUT2D eigenvalue weighted by molar-refractivity contribution is -0.140. The highest BCUT2D eigenvalue weighted by Crippen LogP contribution is 2.42. The summed E-state index contributed by atoms with van der Waals surface area (Å²) >= 11 is 0. The summed E-state index contributed by atoms with van der Waals surface area (Å²) in [5, 5.41) is 15.9. The molecular formula is C26H27F3N8O2. The third kappa shape index (κ3) is 5.16. The minimum Gasteiger partial charge on any atom is -0.490 e. The van der Waals surface area contributed by atoms with Crippen molar-refractivity contribution in [3.63, 3.8) is 0 Å². The van der Waals surface area contributed by atoms with Gasteiger partial charge in [0.1, 0.15) is 18.7 Å². The van der Waals surface area contributed by atoms with E-state index >= 15 is 0 Å². The van der Waals surface area contributed by atoms with Gasteiger partial charge >= 0.3 is 6.18 Å². The van der Waals surface area contributed by atoms with Crippen LogP contribution in [0.15, 0.2) is 36.8 Å². The second-order valence-electron chi connectivity index (χ2n) is 9.64. The lowest BCUT2D eigenvalue weighted by Gasteiger charge is -2.20. The lowest BCUT2D eigenvalue weighted by atomic mass is 9.97. The van der Waals surface area contributed by atoms with Gasteiger partial charge in [-0.2, -0.15) is 23.4 Å². The molecule has 0 aliphatic carbocycles. The maximum absolute atomic E-state index is 14.0. The molecule has 0 unspecified atom stereocenters. The van der Waals surface area contributed by atoms with Gasteiger partial charge < -0.3 is 9.64 Å². The zero-order valence-electron chi connectivity index (χ0n) is 21.9. The number of ether oxygens (including phenoxy) is 1. The number of pyridine rings is 1. The van der Waals surface area contributed by atoms with Crippen LogP contribution in [0, 0.1) is 19.3 Å². The predicted molar refractivity (Wildman–Crippen MR) is 134 cm³/mol. The number of amides is 1. The molecule has 5 rings (SSSR count). The Morgan fingerprint density at radius 1 is 1.05 bits per heavy atom. The molecule has 1 aliphatic rings. The average Bonchev–Trinajstić information content (AvgIpc) is 3.35. The number of carbonyl (C=O) groups is 1. The third-order valence-corrected chi connectivity index (χ3v) is 6.46. The number of alkyl halides is 3. The van der Waals surface area contributed by atoms with Crippen molar-refractivity contribution in [1.29, 1.82) is 5.41 Å². The lowest BCUT2D eigenvalue weighted by Crippen LogP contribution is -2.32. The van der Waals surface area contributed by atoms with Gasteiger partial charge in [0.25, 0.3) is 5.91 Å². The van der Waals surface area contributed by atoms with Crippen molar-refractivity contribution in [2.75, 3.05) is 13.2 Å². The van der Waals surface area contributed by atoms with E-state index in [4.69, 9.17) is 10.1 Å². The Balaban J connectivity index is 1.65. The normalized spacial score (nSPS) is 13.8. The quantitative estimate of drug-likeness (QED) is 0.419. The van der Waals surface area contributed by atoms with Gasteiger partial charge in [0.15, 0.2) is 5.69 Å². The maximum atomic E-state index is 14.0. The number of carbonyl (C=O) groups excluding carboxylic acids is 1. The number of nitrogens with zero attached hydrogens (tertiary/aromatic N) is 7. The molecule has 1 aromatic carbocycles. The molecule has 0 spiro atoms. The van der Waals surface area contributed by atoms with E-state index < -0.39 is 11.9 Å². The smallest absolute Gasteiger partial charge is 0.435 e. The van der Waals surface area contributed by atoms with Crippen LogP contribution in [-0.4, -0.2) is 53.1 Å². The number of nitrogens with one attached hydrogen (secondary N) is 1. The van der Waals surface area contributed by atoms with Gasteiger partial charge in [-0.3, -0.25) is 24.4 Å². The largest absolute Gasteiger partial charge is 0.490 e. The first-order valence-electron chi connectivity index (χ1n) is 12.2. The molecule has 10 nitrogen and oxygen atoms in total. The van der Waals surface area contributed by atoms with Crippen molar-refractivity contribution >= 4 is 5.91 Å². The summed E-state index contributed by atoms with van der Waals surface area (Å²) in [6.07, 6.45) is -2.00. The number of hydrogen-bond donors (Lipinski definition) is 1. The second kappa shape index (κ2) is 9.71. The fraction of sp³-hybridized carbons (Fsp3) is 0.346. The average molecular weight is 541 g/mol. The summed E-state index contributed by atoms with van der Waals surface area (Å²) in [5.74, 6) is -0.313. The van der Waals surface area contributed by atoms with Gasteiger partial charge in [0, 0.05) is 37.1 Å². The van der Waals surface area contributed by atoms with Crippen LogP contribution in [0.1, 0.15) is 38.6 Å². The summed E-state index contributed by atoms with van der Waals surface area (Å²) in [6.45, 7) is 4.47. The Hall–Kier alpha value is -4.42. The van der Waals surface area contributed by atoms with E-state index in [0.29, 0.717) is 11.3 Å². The summed E-state index contributed by atoms with van der Waals surface area (Å²) in [7, 11) is 3.02. The first kappa shape index (κ1) is 26.2. The van der Waals surface area contributed by atoms with Crippen LogP contribution < -0.4 is 10.4 Å². The zero-order chi connectivity index (χ0) is 28.1. The van der Waals surface area contributed by atoms with Crippen molar-refractivity contribution in [1.82, 2.24) is 34.0 Å². The Morgan fingerprint density at radius 3 is 2.46 bits per heavy atom. The fourth-order valence-corrected chi connectivity index (χ4v) is 4.82. The third-order valence-electron chi connectivity index (χ3n) is 6.46. The monoisotopic (exact) mass is 540 g/mol. The highest BCUT2D eigenvalue weighted by atomic mass is 19.4. The minimum atomic E-state index is -4.72. The zero-order valence-corrected chi connectivity index (χ0v) is 21.9. The van der Waals surface area contributed by atoms with Gasteiger partial charge in [-0.1, -0.05) is 0 Å². The number of fused-ring (bicyclic) bond motifs is 1. The van der Waals surface area contributed by atoms with Crippen molar-refractivity contribution in [2.45, 2.75) is 33.1 Å². The first-order chi connectivity index (χ1) is 18.4. The van der Waals surface area contributed by atoms with Gasteiger partial charge in [0.2, 0.25) is 5.62 Å². The summed E-state index contributed by atoms with van der Waals surface area (Å²) in [5.41, 5.74) is 2.12. The fourth-order valence-electron chi connectivity index (χ4n) is 4.82. The van der Waals surface area contributed by atoms with Crippen LogP contribution in [0.4, 0.5) is 13.2 Å². The molecule has 204 valence electrons. The number of rotatable bonds is 5. The van der Waals surface area contributed by atoms with Crippen molar-refractivity contribution in [3.8, 4) is 16.9 Å². The molecule has 1 N–H and O–H groups in total. The summed E-state index contributed by atoms with van der Waals surface area (Å²) in [6, 6.07) is 7.00. The molecule has 4 aromatic rings. The second-order valence-corrected chi connectivity index (χ2v) is 9.64. The Kier molecular flexibility index (Phi) is 6.52. The molecule has 4 heterocycles. The summed E-state index contributed by atoms with van der Waals surface area (Å²) in [4.78, 5) is 20.0. The molecule has 0 atom stereocenters. The molecular weight excluding hydrogens is 513 g/mol. The van der Waals surface area contributed by atoms with Gasteiger partial charge in [0.05, 0.1) is 30.9 Å². The van der Waals surface area contributed by atoms with Crippen molar-refractivity contribution in [3.05, 3.63) is 76.2 Å². The van der Waals surface area contributed by atoms with Crippen LogP contribution in [-0.2, 0) is 33.4 Å². The minimum absolute atomic E-state index is 0.0698. The molecule has 1 aliphatic heterocycles. The molecule has 13 heteroatoms. The number of aromatic nitrogens is 6. The number of benzene rings is 1. The summed E-state index contributed by atoms with van der Waals surface area (Å²) < 4.78 is 51.9. The standard InChI is InChI=1S/C26H27F3N8O2/c1-15-7-16(2)32-18(8-15)12-36-5-6-39-22-19(21-13-34(3)33-23(21)26(27,28)29)9-17(10-20(22)24(36)38)11-37-14-31-35(4)25(37)30/h7-10,13-14,30H,5-6,11-12H2,1-4H3. The van der Waals surface area contributed by atoms with E-state index in [1.807, 2.05) is 26.0 Å². The topological polar surface area (TPSA) is 107 Å². The van der Waals surface area contributed by atoms with Crippen molar-refractivity contribution < 1.29 is 22.7 Å². The van der Waals surface area contributed by atoms with E-state index in [0.717, 1.165) is 15.9 Å². The molecule has 0 saturated heterocycles. The SMILES string of the molecule is Cc1cc(C)nc(CN2CCOc3c(cc(Cn4cnn(C)c4=N)cc3-c3cn(C)nc3C(F)(F)F)C2=O)c1. The van der Waals surface area contributed by atoms with Crippen LogP contribution in [0.3, 0.4) is 0 Å². The van der Waals surface area contributed by atoms with Crippen molar-refractivity contribution in [2.24, 2.45) is 14.1 Å². The van der Waals surface area contributed by atoms with Crippen LogP contribution in [0.5, 0.6) is 5.75 Å². The Labute approximate surface area is 221 Å². The van der Waals surface area contributed by atoms with Gasteiger partial charge in [-0.05, 0) is 49.2 Å². The van der Waals surface area contributed by atoms with E-state index in [1.165, 1.54) is 28.8 Å². The molecule has 0 bridgehead atoms. The van der Waals surface area contributed by atoms with Crippen LogP contribution in [0.2, 0.25) is 0 Å². The number of hydrogen-bond acceptors (Lipinski definition) is 6. The molecule has 0 saturated carbocycles. The molecule has 0 radical (unpaired) electrons. The highest BCUT2D eigenvalue weighted by Gasteiger charge is 2.39. The van der Waals surface area contributed by atoms with Crippen LogP contribution in [0.25, 0.3) is 11.1 Å². The van der Waals surface area contributed by atoms with Gasteiger partial charge in [-0.25, -0.2) is 4.68 Å². The highest BCUT2D eigenvalue weighted by molar-refractivity contribution is 6.00. The molecule has 3 aromatic heterocycles. The number of halogens is 3. The van der Waals surface area contributed by atoms with E-state index in [1.54, 1.807) is 24.1 Å². The predicted octanol–water partition coefficient (Wildman–Crippen LogP) is 3.22. The van der Waals surface area contributed by atoms with Gasteiger partial charge in [-0.15, -0.1) is 0 Å². The maximum Gasteiger partial charge on any atom is 0.435 e. The van der Waals surface area contributed by atoms with E-state index in [2.05, 4.69) is 15.2 Å². The van der Waals surface area contributed by atoms with E-state index in [-0.39, 0.29) is 60.2 Å². The molecule has 39 heavy (non-hydrogen) atoms. The van der Waals surface area contributed by atoms with Crippen LogP contribution >= 0.6 is 0 Å². The van der Waals surface area contributed by atoms with E-state index in [9.17, 15) is 18.0 Å². The first-order valence-corrected chi connectivity index (χ1v) is 12.2. The Bertz CT molecular complexity index is 1610. The Morgan fingerprint density at radius 2 is 1.79 bits per heavy atom. The number of aryl methyl sites for hydroxylation is 4.